The van der Waals surface area contributed by atoms with E-state index in [-0.39, 0.29) is 0 Å². The van der Waals surface area contributed by atoms with Gasteiger partial charge < -0.3 is 10.5 Å². The fourth-order valence-corrected chi connectivity index (χ4v) is 3.90. The predicted octanol–water partition coefficient (Wildman–Crippen LogP) is 5.59. The number of nitrogens with zero attached hydrogens (tertiary/aromatic N) is 2. The van der Waals surface area contributed by atoms with Gasteiger partial charge in [-0.2, -0.15) is 5.10 Å². The van der Waals surface area contributed by atoms with Gasteiger partial charge in [-0.15, -0.1) is 0 Å². The highest BCUT2D eigenvalue weighted by atomic mass is 32.2. The highest BCUT2D eigenvalue weighted by molar-refractivity contribution is 7.99. The number of aromatic nitrogens is 2. The van der Waals surface area contributed by atoms with Gasteiger partial charge in [-0.25, -0.2) is 4.68 Å². The first-order chi connectivity index (χ1) is 13.7. The number of aryl methyl sites for hydroxylation is 1. The number of hydrogen-bond donors (Lipinski definition) is 1. The minimum Gasteiger partial charge on any atom is -0.497 e. The number of rotatable bonds is 5. The molecule has 3 aromatic carbocycles. The molecule has 0 atom stereocenters. The lowest BCUT2D eigenvalue weighted by molar-refractivity contribution is 0.414. The van der Waals surface area contributed by atoms with Gasteiger partial charge >= 0.3 is 0 Å². The van der Waals surface area contributed by atoms with Crippen LogP contribution in [0.5, 0.6) is 5.75 Å². The normalized spacial score (nSPS) is 10.8. The molecule has 4 aromatic rings. The standard InChI is InChI=1S/C23H21N3OS/c1-16-8-14-20(15-9-16)28-22-21(17-6-4-3-5-7-17)25-26(23(22)24)18-10-12-19(27-2)13-11-18/h3-15H,24H2,1-2H3. The summed E-state index contributed by atoms with van der Waals surface area (Å²) in [7, 11) is 1.65. The zero-order chi connectivity index (χ0) is 19.5. The highest BCUT2D eigenvalue weighted by Crippen LogP contribution is 2.40. The first kappa shape index (κ1) is 18.2. The quantitative estimate of drug-likeness (QED) is 0.485. The molecular formula is C23H21N3OS. The summed E-state index contributed by atoms with van der Waals surface area (Å²) in [6, 6.07) is 26.3. The molecule has 0 aliphatic heterocycles. The average Bonchev–Trinajstić information content (AvgIpc) is 3.06. The number of ether oxygens (including phenoxy) is 1. The van der Waals surface area contributed by atoms with Crippen LogP contribution in [0.2, 0.25) is 0 Å². The number of benzene rings is 3. The van der Waals surface area contributed by atoms with Crippen molar-refractivity contribution in [2.45, 2.75) is 16.7 Å². The number of methoxy groups -OCH3 is 1. The second kappa shape index (κ2) is 7.82. The fraction of sp³-hybridized carbons (Fsp3) is 0.0870. The molecule has 0 bridgehead atoms. The number of nitrogens with two attached hydrogens (primary N) is 1. The molecule has 0 aliphatic rings. The van der Waals surface area contributed by atoms with E-state index in [4.69, 9.17) is 15.6 Å². The minimum atomic E-state index is 0.620. The summed E-state index contributed by atoms with van der Waals surface area (Å²) in [5, 5.41) is 4.85. The van der Waals surface area contributed by atoms with Crippen LogP contribution in [0.25, 0.3) is 16.9 Å². The molecule has 0 unspecified atom stereocenters. The minimum absolute atomic E-state index is 0.620. The molecule has 0 amide bonds. The number of anilines is 1. The van der Waals surface area contributed by atoms with Crippen LogP contribution in [0.1, 0.15) is 5.56 Å². The van der Waals surface area contributed by atoms with E-state index < -0.39 is 0 Å². The van der Waals surface area contributed by atoms with E-state index in [1.807, 2.05) is 42.5 Å². The van der Waals surface area contributed by atoms with Crippen molar-refractivity contribution < 1.29 is 4.74 Å². The maximum Gasteiger partial charge on any atom is 0.141 e. The lowest BCUT2D eigenvalue weighted by atomic mass is 10.1. The molecule has 1 heterocycles. The zero-order valence-electron chi connectivity index (χ0n) is 15.8. The average molecular weight is 388 g/mol. The van der Waals surface area contributed by atoms with E-state index in [2.05, 4.69) is 43.3 Å². The molecular weight excluding hydrogens is 366 g/mol. The molecule has 1 aromatic heterocycles. The van der Waals surface area contributed by atoms with Crippen molar-refractivity contribution in [1.82, 2.24) is 9.78 Å². The molecule has 2 N–H and O–H groups in total. The predicted molar refractivity (Wildman–Crippen MR) is 115 cm³/mol. The van der Waals surface area contributed by atoms with Gasteiger partial charge in [0, 0.05) is 10.5 Å². The van der Waals surface area contributed by atoms with Crippen molar-refractivity contribution in [2.24, 2.45) is 0 Å². The van der Waals surface area contributed by atoms with Gasteiger partial charge in [-0.05, 0) is 43.3 Å². The van der Waals surface area contributed by atoms with Crippen LogP contribution in [-0.4, -0.2) is 16.9 Å². The van der Waals surface area contributed by atoms with Gasteiger partial charge in [-0.3, -0.25) is 0 Å². The summed E-state index contributed by atoms with van der Waals surface area (Å²) in [6.07, 6.45) is 0. The molecule has 0 aliphatic carbocycles. The van der Waals surface area contributed by atoms with Crippen LogP contribution in [0.15, 0.2) is 88.7 Å². The maximum absolute atomic E-state index is 6.57. The second-order valence-corrected chi connectivity index (χ2v) is 7.54. The van der Waals surface area contributed by atoms with Crippen molar-refractivity contribution in [3.8, 4) is 22.7 Å². The van der Waals surface area contributed by atoms with Crippen molar-refractivity contribution in [3.05, 3.63) is 84.4 Å². The van der Waals surface area contributed by atoms with E-state index in [0.29, 0.717) is 5.82 Å². The van der Waals surface area contributed by atoms with Crippen LogP contribution in [0, 0.1) is 6.92 Å². The molecule has 0 saturated heterocycles. The van der Waals surface area contributed by atoms with E-state index in [1.54, 1.807) is 23.6 Å². The molecule has 4 rings (SSSR count). The zero-order valence-corrected chi connectivity index (χ0v) is 16.6. The lowest BCUT2D eigenvalue weighted by Gasteiger charge is -2.06. The molecule has 0 fully saturated rings. The topological polar surface area (TPSA) is 53.1 Å². The molecule has 28 heavy (non-hydrogen) atoms. The van der Waals surface area contributed by atoms with Gasteiger partial charge in [0.15, 0.2) is 0 Å². The van der Waals surface area contributed by atoms with E-state index in [1.165, 1.54) is 5.56 Å². The van der Waals surface area contributed by atoms with Crippen LogP contribution >= 0.6 is 11.8 Å². The van der Waals surface area contributed by atoms with Gasteiger partial charge in [0.25, 0.3) is 0 Å². The van der Waals surface area contributed by atoms with Crippen molar-refractivity contribution >= 4 is 17.6 Å². The Hall–Kier alpha value is -3.18. The summed E-state index contributed by atoms with van der Waals surface area (Å²) < 4.78 is 7.05. The Labute approximate surface area is 169 Å². The monoisotopic (exact) mass is 387 g/mol. The van der Waals surface area contributed by atoms with Gasteiger partial charge in [0.2, 0.25) is 0 Å². The second-order valence-electron chi connectivity index (χ2n) is 6.45. The Bertz CT molecular complexity index is 1070. The highest BCUT2D eigenvalue weighted by Gasteiger charge is 2.19. The van der Waals surface area contributed by atoms with Crippen LogP contribution in [0.4, 0.5) is 5.82 Å². The van der Waals surface area contributed by atoms with Gasteiger partial charge in [0.1, 0.15) is 17.3 Å². The lowest BCUT2D eigenvalue weighted by Crippen LogP contribution is -2.02. The van der Waals surface area contributed by atoms with Crippen molar-refractivity contribution in [3.63, 3.8) is 0 Å². The molecule has 0 saturated carbocycles. The Morgan fingerprint density at radius 2 is 1.57 bits per heavy atom. The smallest absolute Gasteiger partial charge is 0.141 e. The summed E-state index contributed by atoms with van der Waals surface area (Å²) in [6.45, 7) is 2.08. The summed E-state index contributed by atoms with van der Waals surface area (Å²) >= 11 is 1.63. The van der Waals surface area contributed by atoms with E-state index in [9.17, 15) is 0 Å². The third-order valence-electron chi connectivity index (χ3n) is 4.48. The first-order valence-electron chi connectivity index (χ1n) is 8.98. The Balaban J connectivity index is 1.82. The molecule has 0 spiro atoms. The molecule has 5 heteroatoms. The van der Waals surface area contributed by atoms with Gasteiger partial charge in [0.05, 0.1) is 17.7 Å². The van der Waals surface area contributed by atoms with Crippen LogP contribution in [0.3, 0.4) is 0 Å². The summed E-state index contributed by atoms with van der Waals surface area (Å²) in [5.74, 6) is 1.42. The van der Waals surface area contributed by atoms with Crippen molar-refractivity contribution in [1.29, 1.82) is 0 Å². The van der Waals surface area contributed by atoms with E-state index >= 15 is 0 Å². The third-order valence-corrected chi connectivity index (χ3v) is 5.60. The Kier molecular flexibility index (Phi) is 5.08. The SMILES string of the molecule is COc1ccc(-n2nc(-c3ccccc3)c(Sc3ccc(C)cc3)c2N)cc1. The Morgan fingerprint density at radius 3 is 2.21 bits per heavy atom. The third kappa shape index (κ3) is 3.62. The Morgan fingerprint density at radius 1 is 0.893 bits per heavy atom. The number of nitrogen functional groups attached to an aromatic ring is 1. The number of hydrogen-bond acceptors (Lipinski definition) is 4. The van der Waals surface area contributed by atoms with E-state index in [0.717, 1.165) is 32.5 Å². The van der Waals surface area contributed by atoms with Gasteiger partial charge in [-0.1, -0.05) is 59.8 Å². The van der Waals surface area contributed by atoms with Crippen molar-refractivity contribution in [2.75, 3.05) is 12.8 Å². The van der Waals surface area contributed by atoms with Crippen LogP contribution in [-0.2, 0) is 0 Å². The largest absolute Gasteiger partial charge is 0.497 e. The molecule has 4 nitrogen and oxygen atoms in total. The van der Waals surface area contributed by atoms with Crippen LogP contribution < -0.4 is 10.5 Å². The molecule has 140 valence electrons. The fourth-order valence-electron chi connectivity index (χ4n) is 2.95. The maximum atomic E-state index is 6.57. The molecule has 0 radical (unpaired) electrons. The summed E-state index contributed by atoms with van der Waals surface area (Å²) in [5.41, 5.74) is 10.6. The summed E-state index contributed by atoms with van der Waals surface area (Å²) in [4.78, 5) is 2.08. The first-order valence-corrected chi connectivity index (χ1v) is 9.80.